The van der Waals surface area contributed by atoms with Crippen LogP contribution in [0.2, 0.25) is 0 Å². The first-order valence-corrected chi connectivity index (χ1v) is 8.47. The van der Waals surface area contributed by atoms with Crippen LogP contribution in [0.1, 0.15) is 26.3 Å². The number of methoxy groups -OCH3 is 2. The molecule has 0 heterocycles. The Hall–Kier alpha value is -2.01. The fourth-order valence-electron chi connectivity index (χ4n) is 1.82. The number of nitrogens with zero attached hydrogens (tertiary/aromatic N) is 2. The highest BCUT2D eigenvalue weighted by Gasteiger charge is 2.08. The molecule has 0 amide bonds. The van der Waals surface area contributed by atoms with Gasteiger partial charge in [0.2, 0.25) is 0 Å². The highest BCUT2D eigenvalue weighted by atomic mass is 32.2. The van der Waals surface area contributed by atoms with Gasteiger partial charge in [0.25, 0.3) is 0 Å². The van der Waals surface area contributed by atoms with Crippen LogP contribution in [0.4, 0.5) is 0 Å². The van der Waals surface area contributed by atoms with Gasteiger partial charge in [0, 0.05) is 17.5 Å². The van der Waals surface area contributed by atoms with Gasteiger partial charge in [-0.25, -0.2) is 4.99 Å². The third-order valence-electron chi connectivity index (χ3n) is 3.03. The summed E-state index contributed by atoms with van der Waals surface area (Å²) < 4.78 is 10.7. The van der Waals surface area contributed by atoms with Crippen molar-refractivity contribution in [3.05, 3.63) is 42.1 Å². The first-order valence-electron chi connectivity index (χ1n) is 7.24. The average molecular weight is 332 g/mol. The summed E-state index contributed by atoms with van der Waals surface area (Å²) in [5.74, 6) is 1.37. The van der Waals surface area contributed by atoms with Crippen molar-refractivity contribution >= 4 is 28.2 Å². The summed E-state index contributed by atoms with van der Waals surface area (Å²) in [5.41, 5.74) is 2.67. The fraction of sp³-hybridized carbons (Fsp3) is 0.333. The zero-order chi connectivity index (χ0) is 17.2. The summed E-state index contributed by atoms with van der Waals surface area (Å²) in [6.07, 6.45) is 7.62. The Morgan fingerprint density at radius 1 is 1.13 bits per heavy atom. The van der Waals surface area contributed by atoms with Crippen LogP contribution in [-0.4, -0.2) is 31.2 Å². The van der Waals surface area contributed by atoms with E-state index in [0.717, 1.165) is 22.0 Å². The molecule has 0 bridgehead atoms. The molecule has 0 aromatic heterocycles. The van der Waals surface area contributed by atoms with E-state index in [1.165, 1.54) is 0 Å². The molecule has 1 aromatic carbocycles. The minimum Gasteiger partial charge on any atom is -0.493 e. The van der Waals surface area contributed by atoms with Crippen LogP contribution < -0.4 is 9.47 Å². The highest BCUT2D eigenvalue weighted by molar-refractivity contribution is 8.13. The first kappa shape index (κ1) is 19.0. The fourth-order valence-corrected chi connectivity index (χ4v) is 2.01. The number of hydrogen-bond acceptors (Lipinski definition) is 5. The van der Waals surface area contributed by atoms with E-state index >= 15 is 0 Å². The highest BCUT2D eigenvalue weighted by Crippen LogP contribution is 2.31. The van der Waals surface area contributed by atoms with Gasteiger partial charge in [-0.3, -0.25) is 4.99 Å². The molecule has 0 aliphatic heterocycles. The number of hydrogen-bond donors (Lipinski definition) is 0. The Labute approximate surface area is 143 Å². The van der Waals surface area contributed by atoms with Crippen molar-refractivity contribution in [2.24, 2.45) is 9.98 Å². The van der Waals surface area contributed by atoms with Crippen LogP contribution in [0, 0.1) is 0 Å². The van der Waals surface area contributed by atoms with Crippen molar-refractivity contribution in [3.63, 3.8) is 0 Å². The summed E-state index contributed by atoms with van der Waals surface area (Å²) >= 11 is 1.61. The lowest BCUT2D eigenvalue weighted by Gasteiger charge is -2.10. The zero-order valence-electron chi connectivity index (χ0n) is 14.6. The largest absolute Gasteiger partial charge is 0.493 e. The van der Waals surface area contributed by atoms with Gasteiger partial charge in [0.1, 0.15) is 0 Å². The van der Waals surface area contributed by atoms with Crippen LogP contribution in [0.5, 0.6) is 11.5 Å². The molecule has 1 aromatic rings. The summed E-state index contributed by atoms with van der Waals surface area (Å²) in [6.45, 7) is 5.87. The van der Waals surface area contributed by atoms with Gasteiger partial charge in [-0.2, -0.15) is 0 Å². The maximum absolute atomic E-state index is 5.38. The Bertz CT molecular complexity index is 646. The van der Waals surface area contributed by atoms with E-state index in [-0.39, 0.29) is 0 Å². The minimum atomic E-state index is 0.677. The molecule has 5 heteroatoms. The topological polar surface area (TPSA) is 43.2 Å². The number of rotatable bonds is 6. The Morgan fingerprint density at radius 2 is 1.83 bits per heavy atom. The number of ether oxygens (including phenoxy) is 2. The predicted molar refractivity (Wildman–Crippen MR) is 102 cm³/mol. The second kappa shape index (κ2) is 9.90. The second-order valence-electron chi connectivity index (χ2n) is 4.69. The van der Waals surface area contributed by atoms with Gasteiger partial charge >= 0.3 is 0 Å². The van der Waals surface area contributed by atoms with E-state index in [0.29, 0.717) is 11.5 Å². The molecule has 0 radical (unpaired) electrons. The Kier molecular flexibility index (Phi) is 8.19. The smallest absolute Gasteiger partial charge is 0.161 e. The molecule has 0 spiro atoms. The normalized spacial score (nSPS) is 13.6. The van der Waals surface area contributed by atoms with Gasteiger partial charge in [0.05, 0.1) is 25.0 Å². The lowest BCUT2D eigenvalue weighted by molar-refractivity contribution is 0.355. The molecular weight excluding hydrogens is 308 g/mol. The van der Waals surface area contributed by atoms with Crippen molar-refractivity contribution in [3.8, 4) is 11.5 Å². The number of aliphatic imine (C=N–C) groups is 2. The van der Waals surface area contributed by atoms with E-state index < -0.39 is 0 Å². The zero-order valence-corrected chi connectivity index (χ0v) is 15.4. The average Bonchev–Trinajstić information content (AvgIpc) is 2.58. The van der Waals surface area contributed by atoms with Crippen molar-refractivity contribution < 1.29 is 9.47 Å². The lowest BCUT2D eigenvalue weighted by atomic mass is 10.1. The standard InChI is InChI=1S/C18H24N2O2S/c1-7-10-19-13(2)11-16(20-14(3)23-6)15-8-9-17(21-4)18(12-15)22-5/h7-12H,1-6H3/b10-7-,16-11-,19-13-,20-14?. The Balaban J connectivity index is 3.38. The third-order valence-corrected chi connectivity index (χ3v) is 3.71. The van der Waals surface area contributed by atoms with Crippen LogP contribution in [0.3, 0.4) is 0 Å². The van der Waals surface area contributed by atoms with Crippen molar-refractivity contribution in [1.82, 2.24) is 0 Å². The van der Waals surface area contributed by atoms with E-state index in [1.807, 2.05) is 57.4 Å². The van der Waals surface area contributed by atoms with Gasteiger partial charge in [-0.1, -0.05) is 6.08 Å². The van der Waals surface area contributed by atoms with Gasteiger partial charge in [-0.15, -0.1) is 11.8 Å². The van der Waals surface area contributed by atoms with Crippen molar-refractivity contribution in [1.29, 1.82) is 0 Å². The number of benzene rings is 1. The van der Waals surface area contributed by atoms with Crippen LogP contribution in [-0.2, 0) is 0 Å². The number of allylic oxidation sites excluding steroid dienone is 2. The molecule has 1 rings (SSSR count). The molecule has 0 aliphatic carbocycles. The molecule has 0 aliphatic rings. The number of thioether (sulfide) groups is 1. The van der Waals surface area contributed by atoms with E-state index in [4.69, 9.17) is 9.47 Å². The van der Waals surface area contributed by atoms with Gasteiger partial charge in [0.15, 0.2) is 11.5 Å². The predicted octanol–water partition coefficient (Wildman–Crippen LogP) is 4.82. The lowest BCUT2D eigenvalue weighted by Crippen LogP contribution is -1.95. The molecule has 23 heavy (non-hydrogen) atoms. The first-order chi connectivity index (χ1) is 11.0. The molecule has 0 fully saturated rings. The van der Waals surface area contributed by atoms with Crippen LogP contribution in [0.25, 0.3) is 5.70 Å². The van der Waals surface area contributed by atoms with Gasteiger partial charge in [-0.05, 0) is 51.3 Å². The van der Waals surface area contributed by atoms with Crippen LogP contribution >= 0.6 is 11.8 Å². The summed E-state index contributed by atoms with van der Waals surface area (Å²) in [4.78, 5) is 9.03. The van der Waals surface area contributed by atoms with Crippen molar-refractivity contribution in [2.45, 2.75) is 20.8 Å². The quantitative estimate of drug-likeness (QED) is 0.554. The van der Waals surface area contributed by atoms with Gasteiger partial charge < -0.3 is 9.47 Å². The maximum Gasteiger partial charge on any atom is 0.161 e. The van der Waals surface area contributed by atoms with Crippen molar-refractivity contribution in [2.75, 3.05) is 20.5 Å². The SMILES string of the molecule is C\C=C/N=C(C)\C=C(/N=C(C)SC)c1ccc(OC)c(OC)c1. The minimum absolute atomic E-state index is 0.677. The summed E-state index contributed by atoms with van der Waals surface area (Å²) in [5, 5.41) is 0.977. The molecule has 0 N–H and O–H groups in total. The van der Waals surface area contributed by atoms with E-state index in [2.05, 4.69) is 9.98 Å². The summed E-state index contributed by atoms with van der Waals surface area (Å²) in [7, 11) is 3.25. The molecule has 0 saturated carbocycles. The molecular formula is C18H24N2O2S. The summed E-state index contributed by atoms with van der Waals surface area (Å²) in [6, 6.07) is 5.77. The Morgan fingerprint density at radius 3 is 2.39 bits per heavy atom. The van der Waals surface area contributed by atoms with Crippen LogP contribution in [0.15, 0.2) is 46.5 Å². The maximum atomic E-state index is 5.38. The molecule has 0 saturated heterocycles. The molecule has 124 valence electrons. The third kappa shape index (κ3) is 5.94. The van der Waals surface area contributed by atoms with E-state index in [9.17, 15) is 0 Å². The van der Waals surface area contributed by atoms with E-state index in [1.54, 1.807) is 32.2 Å². The molecule has 0 unspecified atom stereocenters. The monoisotopic (exact) mass is 332 g/mol. The molecule has 4 nitrogen and oxygen atoms in total. The molecule has 0 atom stereocenters. The second-order valence-corrected chi connectivity index (χ2v) is 5.69.